The maximum Gasteiger partial charge on any atom is 0.344 e. The molecule has 0 bridgehead atoms. The zero-order valence-corrected chi connectivity index (χ0v) is 13.3. The van der Waals surface area contributed by atoms with Crippen LogP contribution in [-0.4, -0.2) is 19.2 Å². The van der Waals surface area contributed by atoms with Gasteiger partial charge in [-0.15, -0.1) is 0 Å². The lowest BCUT2D eigenvalue weighted by Crippen LogP contribution is -2.03. The van der Waals surface area contributed by atoms with Crippen LogP contribution in [0.4, 0.5) is 0 Å². The normalized spacial score (nSPS) is 11.1. The lowest BCUT2D eigenvalue weighted by Gasteiger charge is -2.09. The standard InChI is InChI=1S/C19H15NO4/c1-22-11-7-17(23-2)14-9-13(19(21)24-18(14)8-11)15-10-20-16-6-4-3-5-12(15)16/h3-10,20H,1-2H3. The number of aromatic amines is 1. The maximum absolute atomic E-state index is 12.5. The van der Waals surface area contributed by atoms with E-state index in [2.05, 4.69) is 4.98 Å². The smallest absolute Gasteiger partial charge is 0.344 e. The van der Waals surface area contributed by atoms with E-state index in [1.54, 1.807) is 32.4 Å². The first kappa shape index (κ1) is 14.4. The van der Waals surface area contributed by atoms with Gasteiger partial charge < -0.3 is 18.9 Å². The molecule has 5 heteroatoms. The average Bonchev–Trinajstić information content (AvgIpc) is 3.04. The minimum Gasteiger partial charge on any atom is -0.496 e. The molecular formula is C19H15NO4. The predicted octanol–water partition coefficient (Wildman–Crippen LogP) is 3.96. The van der Waals surface area contributed by atoms with E-state index in [9.17, 15) is 4.79 Å². The molecule has 0 aliphatic heterocycles. The van der Waals surface area contributed by atoms with Crippen LogP contribution in [0.15, 0.2) is 57.9 Å². The Hall–Kier alpha value is -3.21. The molecule has 120 valence electrons. The molecule has 0 radical (unpaired) electrons. The van der Waals surface area contributed by atoms with E-state index in [4.69, 9.17) is 13.9 Å². The second-order valence-electron chi connectivity index (χ2n) is 5.44. The molecule has 0 fully saturated rings. The lowest BCUT2D eigenvalue weighted by atomic mass is 10.0. The third-order valence-corrected chi connectivity index (χ3v) is 4.12. The van der Waals surface area contributed by atoms with Crippen LogP contribution in [0.1, 0.15) is 0 Å². The Balaban J connectivity index is 2.03. The van der Waals surface area contributed by atoms with Gasteiger partial charge in [-0.3, -0.25) is 0 Å². The molecule has 2 aromatic carbocycles. The number of fused-ring (bicyclic) bond motifs is 2. The summed E-state index contributed by atoms with van der Waals surface area (Å²) >= 11 is 0. The van der Waals surface area contributed by atoms with E-state index >= 15 is 0 Å². The van der Waals surface area contributed by atoms with Gasteiger partial charge in [-0.1, -0.05) is 18.2 Å². The average molecular weight is 321 g/mol. The second-order valence-corrected chi connectivity index (χ2v) is 5.44. The Bertz CT molecular complexity index is 1110. The van der Waals surface area contributed by atoms with Crippen molar-refractivity contribution in [1.82, 2.24) is 4.98 Å². The van der Waals surface area contributed by atoms with Gasteiger partial charge in [0.2, 0.25) is 0 Å². The Morgan fingerprint density at radius 2 is 1.79 bits per heavy atom. The summed E-state index contributed by atoms with van der Waals surface area (Å²) in [5, 5.41) is 1.69. The van der Waals surface area contributed by atoms with Crippen molar-refractivity contribution < 1.29 is 13.9 Å². The molecule has 2 aromatic heterocycles. The van der Waals surface area contributed by atoms with Crippen LogP contribution in [0, 0.1) is 0 Å². The van der Waals surface area contributed by atoms with Crippen molar-refractivity contribution in [2.75, 3.05) is 14.2 Å². The first-order valence-electron chi connectivity index (χ1n) is 7.47. The minimum absolute atomic E-state index is 0.400. The maximum atomic E-state index is 12.5. The first-order valence-corrected chi connectivity index (χ1v) is 7.47. The molecule has 2 heterocycles. The van der Waals surface area contributed by atoms with E-state index in [1.807, 2.05) is 30.5 Å². The molecule has 0 amide bonds. The molecule has 0 saturated carbocycles. The van der Waals surface area contributed by atoms with Crippen LogP contribution in [-0.2, 0) is 0 Å². The highest BCUT2D eigenvalue weighted by Gasteiger charge is 2.15. The predicted molar refractivity (Wildman–Crippen MR) is 92.9 cm³/mol. The number of H-pyrrole nitrogens is 1. The molecule has 4 rings (SSSR count). The van der Waals surface area contributed by atoms with Crippen molar-refractivity contribution >= 4 is 21.9 Å². The van der Waals surface area contributed by atoms with E-state index < -0.39 is 5.63 Å². The summed E-state index contributed by atoms with van der Waals surface area (Å²) < 4.78 is 16.2. The number of para-hydroxylation sites is 1. The molecule has 0 saturated heterocycles. The number of hydrogen-bond donors (Lipinski definition) is 1. The van der Waals surface area contributed by atoms with Gasteiger partial charge in [-0.2, -0.15) is 0 Å². The van der Waals surface area contributed by atoms with Crippen molar-refractivity contribution in [1.29, 1.82) is 0 Å². The van der Waals surface area contributed by atoms with Crippen LogP contribution in [0.5, 0.6) is 11.5 Å². The Morgan fingerprint density at radius 3 is 2.58 bits per heavy atom. The van der Waals surface area contributed by atoms with Crippen molar-refractivity contribution in [3.63, 3.8) is 0 Å². The molecule has 0 aliphatic carbocycles. The number of hydrogen-bond acceptors (Lipinski definition) is 4. The zero-order valence-electron chi connectivity index (χ0n) is 13.3. The summed E-state index contributed by atoms with van der Waals surface area (Å²) in [5.74, 6) is 1.16. The van der Waals surface area contributed by atoms with Crippen LogP contribution in [0.3, 0.4) is 0 Å². The van der Waals surface area contributed by atoms with Gasteiger partial charge in [0.1, 0.15) is 17.1 Å². The Labute approximate surface area is 137 Å². The van der Waals surface area contributed by atoms with Crippen LogP contribution >= 0.6 is 0 Å². The summed E-state index contributed by atoms with van der Waals surface area (Å²) in [6, 6.07) is 13.1. The third-order valence-electron chi connectivity index (χ3n) is 4.12. The highest BCUT2D eigenvalue weighted by atomic mass is 16.5. The fourth-order valence-electron chi connectivity index (χ4n) is 2.93. The van der Waals surface area contributed by atoms with Crippen molar-refractivity contribution in [2.45, 2.75) is 0 Å². The van der Waals surface area contributed by atoms with E-state index in [1.165, 1.54) is 0 Å². The largest absolute Gasteiger partial charge is 0.496 e. The Kier molecular flexibility index (Phi) is 3.27. The van der Waals surface area contributed by atoms with E-state index in [0.29, 0.717) is 22.6 Å². The van der Waals surface area contributed by atoms with Crippen molar-refractivity contribution in [2.24, 2.45) is 0 Å². The van der Waals surface area contributed by atoms with Gasteiger partial charge in [-0.25, -0.2) is 4.79 Å². The van der Waals surface area contributed by atoms with Gasteiger partial charge in [0.15, 0.2) is 0 Å². The molecule has 0 aliphatic rings. The monoisotopic (exact) mass is 321 g/mol. The molecular weight excluding hydrogens is 306 g/mol. The summed E-state index contributed by atoms with van der Waals surface area (Å²) in [4.78, 5) is 15.7. The number of benzene rings is 2. The summed E-state index contributed by atoms with van der Waals surface area (Å²) in [7, 11) is 3.13. The van der Waals surface area contributed by atoms with Gasteiger partial charge in [-0.05, 0) is 12.1 Å². The van der Waals surface area contributed by atoms with Gasteiger partial charge in [0.25, 0.3) is 0 Å². The molecule has 0 spiro atoms. The fraction of sp³-hybridized carbons (Fsp3) is 0.105. The van der Waals surface area contributed by atoms with E-state index in [-0.39, 0.29) is 0 Å². The lowest BCUT2D eigenvalue weighted by molar-refractivity contribution is 0.396. The van der Waals surface area contributed by atoms with Crippen molar-refractivity contribution in [3.05, 3.63) is 59.1 Å². The van der Waals surface area contributed by atoms with E-state index in [0.717, 1.165) is 21.9 Å². The van der Waals surface area contributed by atoms with Gasteiger partial charge >= 0.3 is 5.63 Å². The summed E-state index contributed by atoms with van der Waals surface area (Å²) in [5.41, 5.74) is 2.29. The minimum atomic E-state index is -0.400. The van der Waals surface area contributed by atoms with Gasteiger partial charge in [0.05, 0.1) is 25.2 Å². The Morgan fingerprint density at radius 1 is 0.958 bits per heavy atom. The highest BCUT2D eigenvalue weighted by molar-refractivity contribution is 5.97. The van der Waals surface area contributed by atoms with Gasteiger partial charge in [0, 0.05) is 34.8 Å². The number of aromatic nitrogens is 1. The quantitative estimate of drug-likeness (QED) is 0.580. The first-order chi connectivity index (χ1) is 11.7. The SMILES string of the molecule is COc1cc(OC)c2cc(-c3c[nH]c4ccccc34)c(=O)oc2c1. The fourth-order valence-corrected chi connectivity index (χ4v) is 2.93. The highest BCUT2D eigenvalue weighted by Crippen LogP contribution is 2.34. The molecule has 24 heavy (non-hydrogen) atoms. The molecule has 0 atom stereocenters. The third kappa shape index (κ3) is 2.13. The number of methoxy groups -OCH3 is 2. The van der Waals surface area contributed by atoms with Crippen LogP contribution in [0.25, 0.3) is 33.0 Å². The van der Waals surface area contributed by atoms with Crippen LogP contribution < -0.4 is 15.1 Å². The van der Waals surface area contributed by atoms with Crippen molar-refractivity contribution in [3.8, 4) is 22.6 Å². The number of ether oxygens (including phenoxy) is 2. The second kappa shape index (κ2) is 5.45. The molecule has 1 N–H and O–H groups in total. The summed E-state index contributed by atoms with van der Waals surface area (Å²) in [6.45, 7) is 0. The summed E-state index contributed by atoms with van der Waals surface area (Å²) in [6.07, 6.45) is 1.82. The number of rotatable bonds is 3. The zero-order chi connectivity index (χ0) is 16.7. The molecule has 0 unspecified atom stereocenters. The number of nitrogens with one attached hydrogen (secondary N) is 1. The topological polar surface area (TPSA) is 64.5 Å². The van der Waals surface area contributed by atoms with Crippen LogP contribution in [0.2, 0.25) is 0 Å². The molecule has 5 nitrogen and oxygen atoms in total. The molecule has 4 aromatic rings.